The average molecular weight is 414 g/mol. The van der Waals surface area contributed by atoms with E-state index in [1.807, 2.05) is 6.92 Å². The summed E-state index contributed by atoms with van der Waals surface area (Å²) in [7, 11) is 1.54. The van der Waals surface area contributed by atoms with Crippen LogP contribution >= 0.6 is 22.6 Å². The van der Waals surface area contributed by atoms with Gasteiger partial charge in [-0.25, -0.2) is 0 Å². The van der Waals surface area contributed by atoms with Crippen LogP contribution in [0.1, 0.15) is 22.8 Å². The number of benzene rings is 1. The molecule has 1 aromatic carbocycles. The van der Waals surface area contributed by atoms with Gasteiger partial charge in [0.2, 0.25) is 0 Å². The molecular weight excluding hydrogens is 399 g/mol. The number of hydrogen-bond acceptors (Lipinski definition) is 4. The molecule has 0 aliphatic rings. The van der Waals surface area contributed by atoms with Gasteiger partial charge in [0.25, 0.3) is 11.5 Å². The Balaban J connectivity index is 2.71. The summed E-state index contributed by atoms with van der Waals surface area (Å²) in [4.78, 5) is 35.4. The standard InChI is InChI=1S/C15H15IN2O4/c1-7-4-11-9(5-10(7)16)13(20)12(15(22)18(11)3)14(21)17-6-8(2)19/h4-5,20H,6H2,1-3H3,(H,17,21). The van der Waals surface area contributed by atoms with Crippen LogP contribution < -0.4 is 10.9 Å². The predicted molar refractivity (Wildman–Crippen MR) is 91.3 cm³/mol. The highest BCUT2D eigenvalue weighted by atomic mass is 127. The predicted octanol–water partition coefficient (Wildman–Crippen LogP) is 1.48. The highest BCUT2D eigenvalue weighted by Crippen LogP contribution is 2.29. The van der Waals surface area contributed by atoms with Crippen molar-refractivity contribution in [2.75, 3.05) is 6.54 Å². The Morgan fingerprint density at radius 2 is 2.00 bits per heavy atom. The third-order valence-electron chi connectivity index (χ3n) is 3.37. The first-order valence-corrected chi connectivity index (χ1v) is 7.61. The molecule has 2 N–H and O–H groups in total. The number of carbonyl (C=O) groups is 2. The maximum atomic E-state index is 12.3. The summed E-state index contributed by atoms with van der Waals surface area (Å²) in [5.74, 6) is -1.36. The van der Waals surface area contributed by atoms with Crippen LogP contribution in [-0.2, 0) is 11.8 Å². The minimum absolute atomic E-state index is 0.190. The molecule has 0 spiro atoms. The van der Waals surface area contributed by atoms with E-state index in [0.717, 1.165) is 9.13 Å². The van der Waals surface area contributed by atoms with Gasteiger partial charge in [0.05, 0.1) is 12.1 Å². The number of amides is 1. The van der Waals surface area contributed by atoms with Gasteiger partial charge >= 0.3 is 0 Å². The number of nitrogens with zero attached hydrogens (tertiary/aromatic N) is 1. The lowest BCUT2D eigenvalue weighted by molar-refractivity contribution is -0.116. The number of aryl methyl sites for hydroxylation is 2. The number of hydrogen-bond donors (Lipinski definition) is 2. The zero-order valence-corrected chi connectivity index (χ0v) is 14.5. The van der Waals surface area contributed by atoms with Crippen molar-refractivity contribution in [2.45, 2.75) is 13.8 Å². The number of carbonyl (C=O) groups excluding carboxylic acids is 2. The van der Waals surface area contributed by atoms with Gasteiger partial charge in [-0.15, -0.1) is 0 Å². The maximum Gasteiger partial charge on any atom is 0.267 e. The summed E-state index contributed by atoms with van der Waals surface area (Å²) in [6.45, 7) is 3.03. The van der Waals surface area contributed by atoms with Crippen LogP contribution in [0, 0.1) is 10.5 Å². The molecular formula is C15H15IN2O4. The summed E-state index contributed by atoms with van der Waals surface area (Å²) in [5.41, 5.74) is 0.558. The highest BCUT2D eigenvalue weighted by molar-refractivity contribution is 14.1. The molecule has 0 bridgehead atoms. The Morgan fingerprint density at radius 1 is 1.36 bits per heavy atom. The van der Waals surface area contributed by atoms with Crippen molar-refractivity contribution in [3.05, 3.63) is 37.2 Å². The second-order valence-electron chi connectivity index (χ2n) is 5.09. The summed E-state index contributed by atoms with van der Waals surface area (Å²) < 4.78 is 2.23. The van der Waals surface area contributed by atoms with Crippen LogP contribution in [0.15, 0.2) is 16.9 Å². The third-order valence-corrected chi connectivity index (χ3v) is 4.54. The van der Waals surface area contributed by atoms with E-state index >= 15 is 0 Å². The second kappa shape index (κ2) is 6.07. The molecule has 1 amide bonds. The van der Waals surface area contributed by atoms with Gasteiger partial charge in [0.1, 0.15) is 17.1 Å². The average Bonchev–Trinajstić information content (AvgIpc) is 2.45. The Bertz CT molecular complexity index is 855. The van der Waals surface area contributed by atoms with Crippen LogP contribution in [-0.4, -0.2) is 27.9 Å². The van der Waals surface area contributed by atoms with Gasteiger partial charge in [-0.2, -0.15) is 0 Å². The van der Waals surface area contributed by atoms with E-state index in [1.54, 1.807) is 12.1 Å². The Kier molecular flexibility index (Phi) is 4.55. The van der Waals surface area contributed by atoms with E-state index in [0.29, 0.717) is 10.9 Å². The molecule has 1 aromatic heterocycles. The summed E-state index contributed by atoms with van der Waals surface area (Å²) in [6, 6.07) is 3.51. The molecule has 0 saturated heterocycles. The topological polar surface area (TPSA) is 88.4 Å². The van der Waals surface area contributed by atoms with Crippen LogP contribution in [0.25, 0.3) is 10.9 Å². The SMILES string of the molecule is CC(=O)CNC(=O)c1c(O)c2cc(I)c(C)cc2n(C)c1=O. The summed E-state index contributed by atoms with van der Waals surface area (Å²) in [5, 5.41) is 13.1. The van der Waals surface area contributed by atoms with Crippen LogP contribution in [0.4, 0.5) is 0 Å². The quantitative estimate of drug-likeness (QED) is 0.745. The fourth-order valence-electron chi connectivity index (χ4n) is 2.14. The molecule has 6 nitrogen and oxygen atoms in total. The minimum Gasteiger partial charge on any atom is -0.506 e. The molecule has 116 valence electrons. The first-order chi connectivity index (χ1) is 10.2. The van der Waals surface area contributed by atoms with E-state index in [1.165, 1.54) is 18.5 Å². The Labute approximate surface area is 140 Å². The van der Waals surface area contributed by atoms with Gasteiger partial charge in [-0.1, -0.05) is 0 Å². The van der Waals surface area contributed by atoms with Crippen molar-refractivity contribution in [3.63, 3.8) is 0 Å². The van der Waals surface area contributed by atoms with Crippen molar-refractivity contribution in [3.8, 4) is 5.75 Å². The number of halogens is 1. The van der Waals surface area contributed by atoms with E-state index in [2.05, 4.69) is 27.9 Å². The monoisotopic (exact) mass is 414 g/mol. The molecule has 0 aliphatic carbocycles. The van der Waals surface area contributed by atoms with E-state index < -0.39 is 11.5 Å². The fourth-order valence-corrected chi connectivity index (χ4v) is 2.61. The molecule has 0 radical (unpaired) electrons. The van der Waals surface area contributed by atoms with Crippen molar-refractivity contribution in [2.24, 2.45) is 7.05 Å². The summed E-state index contributed by atoms with van der Waals surface area (Å²) in [6.07, 6.45) is 0. The number of ketones is 1. The van der Waals surface area contributed by atoms with Crippen LogP contribution in [0.3, 0.4) is 0 Å². The lowest BCUT2D eigenvalue weighted by Crippen LogP contribution is -2.34. The lowest BCUT2D eigenvalue weighted by Gasteiger charge is -2.13. The normalized spacial score (nSPS) is 10.7. The van der Waals surface area contributed by atoms with E-state index in [-0.39, 0.29) is 23.6 Å². The van der Waals surface area contributed by atoms with Gasteiger partial charge in [0, 0.05) is 16.0 Å². The first kappa shape index (κ1) is 16.5. The van der Waals surface area contributed by atoms with Crippen molar-refractivity contribution < 1.29 is 14.7 Å². The van der Waals surface area contributed by atoms with Crippen LogP contribution in [0.2, 0.25) is 0 Å². The third kappa shape index (κ3) is 2.85. The number of pyridine rings is 1. The molecule has 0 atom stereocenters. The molecule has 1 heterocycles. The van der Waals surface area contributed by atoms with Crippen molar-refractivity contribution in [1.82, 2.24) is 9.88 Å². The van der Waals surface area contributed by atoms with Gasteiger partial charge in [-0.05, 0) is 54.1 Å². The largest absolute Gasteiger partial charge is 0.506 e. The number of aromatic nitrogens is 1. The van der Waals surface area contributed by atoms with Crippen molar-refractivity contribution >= 4 is 45.2 Å². The molecule has 2 rings (SSSR count). The molecule has 0 fully saturated rings. The van der Waals surface area contributed by atoms with Crippen LogP contribution in [0.5, 0.6) is 5.75 Å². The maximum absolute atomic E-state index is 12.3. The molecule has 0 saturated carbocycles. The first-order valence-electron chi connectivity index (χ1n) is 6.53. The number of Topliss-reactive ketones (excluding diaryl/α,β-unsaturated/α-hetero) is 1. The van der Waals surface area contributed by atoms with Gasteiger partial charge < -0.3 is 15.0 Å². The number of fused-ring (bicyclic) bond motifs is 1. The molecule has 0 aliphatic heterocycles. The summed E-state index contributed by atoms with van der Waals surface area (Å²) >= 11 is 2.12. The van der Waals surface area contributed by atoms with E-state index in [4.69, 9.17) is 0 Å². The number of nitrogens with one attached hydrogen (secondary N) is 1. The van der Waals surface area contributed by atoms with Gasteiger partial charge in [-0.3, -0.25) is 14.4 Å². The van der Waals surface area contributed by atoms with Gasteiger partial charge in [0.15, 0.2) is 0 Å². The zero-order chi connectivity index (χ0) is 16.6. The number of aromatic hydroxyl groups is 1. The highest BCUT2D eigenvalue weighted by Gasteiger charge is 2.21. The van der Waals surface area contributed by atoms with E-state index in [9.17, 15) is 19.5 Å². The van der Waals surface area contributed by atoms with Crippen molar-refractivity contribution in [1.29, 1.82) is 0 Å². The Hall–Kier alpha value is -1.90. The molecule has 7 heteroatoms. The fraction of sp³-hybridized carbons (Fsp3) is 0.267. The lowest BCUT2D eigenvalue weighted by atomic mass is 10.1. The smallest absolute Gasteiger partial charge is 0.267 e. The molecule has 0 unspecified atom stereocenters. The molecule has 22 heavy (non-hydrogen) atoms. The Morgan fingerprint density at radius 3 is 2.59 bits per heavy atom. The zero-order valence-electron chi connectivity index (χ0n) is 12.4. The number of rotatable bonds is 3. The minimum atomic E-state index is -0.759. The molecule has 2 aromatic rings. The second-order valence-corrected chi connectivity index (χ2v) is 6.25.